The van der Waals surface area contributed by atoms with Gasteiger partial charge in [0.2, 0.25) is 5.91 Å². The number of aliphatic carboxylic acids is 1. The van der Waals surface area contributed by atoms with Gasteiger partial charge in [-0.05, 0) is 37.5 Å². The van der Waals surface area contributed by atoms with Crippen molar-refractivity contribution >= 4 is 23.5 Å². The Labute approximate surface area is 124 Å². The zero-order valence-corrected chi connectivity index (χ0v) is 12.4. The van der Waals surface area contributed by atoms with E-state index in [2.05, 4.69) is 0 Å². The van der Waals surface area contributed by atoms with Gasteiger partial charge in [0, 0.05) is 31.0 Å². The molecule has 0 radical (unpaired) electrons. The molecule has 0 bridgehead atoms. The Morgan fingerprint density at radius 2 is 1.95 bits per heavy atom. The van der Waals surface area contributed by atoms with Crippen LogP contribution in [0.15, 0.2) is 24.3 Å². The molecule has 1 N–H and O–H groups in total. The predicted octanol–water partition coefficient (Wildman–Crippen LogP) is 3.33. The predicted molar refractivity (Wildman–Crippen MR) is 78.6 cm³/mol. The van der Waals surface area contributed by atoms with Gasteiger partial charge in [-0.25, -0.2) is 0 Å². The molecule has 0 aromatic heterocycles. The molecule has 1 aromatic carbocycles. The van der Waals surface area contributed by atoms with Crippen molar-refractivity contribution in [1.82, 2.24) is 4.90 Å². The number of rotatable bonds is 8. The van der Waals surface area contributed by atoms with Crippen LogP contribution in [0.1, 0.15) is 38.2 Å². The molecule has 0 heterocycles. The van der Waals surface area contributed by atoms with Gasteiger partial charge in [0.1, 0.15) is 0 Å². The molecule has 0 aliphatic rings. The maximum absolute atomic E-state index is 12.1. The molecule has 5 heteroatoms. The van der Waals surface area contributed by atoms with E-state index in [1.165, 1.54) is 0 Å². The van der Waals surface area contributed by atoms with Crippen LogP contribution < -0.4 is 0 Å². The Hall–Kier alpha value is -1.55. The van der Waals surface area contributed by atoms with E-state index in [4.69, 9.17) is 16.7 Å². The molecule has 0 unspecified atom stereocenters. The molecule has 0 saturated carbocycles. The Bertz CT molecular complexity index is 462. The zero-order valence-electron chi connectivity index (χ0n) is 11.6. The van der Waals surface area contributed by atoms with E-state index in [1.807, 2.05) is 25.1 Å². The number of halogens is 1. The summed E-state index contributed by atoms with van der Waals surface area (Å²) < 4.78 is 0. The van der Waals surface area contributed by atoms with E-state index in [1.54, 1.807) is 11.0 Å². The molecule has 1 amide bonds. The first-order valence-electron chi connectivity index (χ1n) is 6.77. The third kappa shape index (κ3) is 6.06. The number of amides is 1. The van der Waals surface area contributed by atoms with Gasteiger partial charge in [0.25, 0.3) is 0 Å². The summed E-state index contributed by atoms with van der Waals surface area (Å²) >= 11 is 5.92. The highest BCUT2D eigenvalue weighted by Gasteiger charge is 2.12. The summed E-state index contributed by atoms with van der Waals surface area (Å²) in [7, 11) is 0. The lowest BCUT2D eigenvalue weighted by Crippen LogP contribution is -2.30. The maximum atomic E-state index is 12.1. The number of carboxylic acids is 1. The SMILES string of the molecule is CCN(Cc1cccc(Cl)c1)C(=O)CCCCC(=O)O. The quantitative estimate of drug-likeness (QED) is 0.749. The van der Waals surface area contributed by atoms with Crippen LogP contribution >= 0.6 is 11.6 Å². The minimum atomic E-state index is -0.816. The lowest BCUT2D eigenvalue weighted by atomic mass is 10.1. The van der Waals surface area contributed by atoms with E-state index >= 15 is 0 Å². The summed E-state index contributed by atoms with van der Waals surface area (Å²) in [5.74, 6) is -0.762. The summed E-state index contributed by atoms with van der Waals surface area (Å²) in [5.41, 5.74) is 0.998. The lowest BCUT2D eigenvalue weighted by Gasteiger charge is -2.21. The Balaban J connectivity index is 2.44. The fraction of sp³-hybridized carbons (Fsp3) is 0.467. The van der Waals surface area contributed by atoms with Gasteiger partial charge >= 0.3 is 5.97 Å². The third-order valence-electron chi connectivity index (χ3n) is 3.03. The van der Waals surface area contributed by atoms with Crippen LogP contribution in [0.5, 0.6) is 0 Å². The molecule has 0 aliphatic carbocycles. The fourth-order valence-electron chi connectivity index (χ4n) is 1.94. The molecule has 1 aromatic rings. The minimum Gasteiger partial charge on any atom is -0.481 e. The highest BCUT2D eigenvalue weighted by Crippen LogP contribution is 2.14. The number of unbranched alkanes of at least 4 members (excludes halogenated alkanes) is 1. The molecule has 4 nitrogen and oxygen atoms in total. The second-order valence-electron chi connectivity index (χ2n) is 4.64. The van der Waals surface area contributed by atoms with E-state index in [0.717, 1.165) is 5.56 Å². The molecular formula is C15H20ClNO3. The number of nitrogens with zero attached hydrogens (tertiary/aromatic N) is 1. The average Bonchev–Trinajstić information content (AvgIpc) is 2.40. The Morgan fingerprint density at radius 3 is 2.55 bits per heavy atom. The first kappa shape index (κ1) is 16.5. The van der Waals surface area contributed by atoms with Crippen LogP contribution in [0.25, 0.3) is 0 Å². The van der Waals surface area contributed by atoms with Crippen molar-refractivity contribution in [1.29, 1.82) is 0 Å². The van der Waals surface area contributed by atoms with E-state index in [9.17, 15) is 9.59 Å². The summed E-state index contributed by atoms with van der Waals surface area (Å²) in [6, 6.07) is 7.45. The van der Waals surface area contributed by atoms with Crippen molar-refractivity contribution in [3.63, 3.8) is 0 Å². The number of carbonyl (C=O) groups is 2. The van der Waals surface area contributed by atoms with E-state index < -0.39 is 5.97 Å². The fourth-order valence-corrected chi connectivity index (χ4v) is 2.16. The van der Waals surface area contributed by atoms with Gasteiger partial charge in [-0.1, -0.05) is 23.7 Å². The van der Waals surface area contributed by atoms with Crippen LogP contribution in [0.4, 0.5) is 0 Å². The van der Waals surface area contributed by atoms with Crippen molar-refractivity contribution in [2.75, 3.05) is 6.54 Å². The summed E-state index contributed by atoms with van der Waals surface area (Å²) in [6.07, 6.45) is 1.66. The number of benzene rings is 1. The van der Waals surface area contributed by atoms with Gasteiger partial charge in [0.15, 0.2) is 0 Å². The molecule has 0 fully saturated rings. The third-order valence-corrected chi connectivity index (χ3v) is 3.26. The largest absolute Gasteiger partial charge is 0.481 e. The van der Waals surface area contributed by atoms with Crippen LogP contribution in [0.2, 0.25) is 5.02 Å². The summed E-state index contributed by atoms with van der Waals surface area (Å²) in [5, 5.41) is 9.21. The second kappa shape index (κ2) is 8.59. The number of carbonyl (C=O) groups excluding carboxylic acids is 1. The number of hydrogen-bond donors (Lipinski definition) is 1. The zero-order chi connectivity index (χ0) is 15.0. The molecular weight excluding hydrogens is 278 g/mol. The topological polar surface area (TPSA) is 57.6 Å². The standard InChI is InChI=1S/C15H20ClNO3/c1-2-17(11-12-6-5-7-13(16)10-12)14(18)8-3-4-9-15(19)20/h5-7,10H,2-4,8-9,11H2,1H3,(H,19,20). The Morgan fingerprint density at radius 1 is 1.25 bits per heavy atom. The van der Waals surface area contributed by atoms with E-state index in [0.29, 0.717) is 37.4 Å². The van der Waals surface area contributed by atoms with Crippen molar-refractivity contribution in [2.45, 2.75) is 39.2 Å². The van der Waals surface area contributed by atoms with Gasteiger partial charge in [-0.2, -0.15) is 0 Å². The van der Waals surface area contributed by atoms with Gasteiger partial charge in [0.05, 0.1) is 0 Å². The first-order valence-corrected chi connectivity index (χ1v) is 7.14. The van der Waals surface area contributed by atoms with Crippen LogP contribution in [0.3, 0.4) is 0 Å². The van der Waals surface area contributed by atoms with Crippen molar-refractivity contribution in [3.05, 3.63) is 34.9 Å². The number of hydrogen-bond acceptors (Lipinski definition) is 2. The van der Waals surface area contributed by atoms with Crippen LogP contribution in [0, 0.1) is 0 Å². The molecule has 110 valence electrons. The second-order valence-corrected chi connectivity index (χ2v) is 5.08. The summed E-state index contributed by atoms with van der Waals surface area (Å²) in [6.45, 7) is 3.10. The smallest absolute Gasteiger partial charge is 0.303 e. The molecule has 1 rings (SSSR count). The van der Waals surface area contributed by atoms with Crippen LogP contribution in [-0.2, 0) is 16.1 Å². The normalized spacial score (nSPS) is 10.3. The maximum Gasteiger partial charge on any atom is 0.303 e. The van der Waals surface area contributed by atoms with Gasteiger partial charge in [-0.15, -0.1) is 0 Å². The molecule has 0 atom stereocenters. The molecule has 0 aliphatic heterocycles. The lowest BCUT2D eigenvalue weighted by molar-refractivity contribution is -0.137. The van der Waals surface area contributed by atoms with Crippen molar-refractivity contribution < 1.29 is 14.7 Å². The van der Waals surface area contributed by atoms with Gasteiger partial charge < -0.3 is 10.0 Å². The van der Waals surface area contributed by atoms with Crippen LogP contribution in [-0.4, -0.2) is 28.4 Å². The first-order chi connectivity index (χ1) is 9.52. The molecule has 0 saturated heterocycles. The number of carboxylic acid groups (broad SMARTS) is 1. The Kier molecular flexibility index (Phi) is 7.09. The molecule has 0 spiro atoms. The summed E-state index contributed by atoms with van der Waals surface area (Å²) in [4.78, 5) is 24.2. The monoisotopic (exact) mass is 297 g/mol. The molecule has 20 heavy (non-hydrogen) atoms. The van der Waals surface area contributed by atoms with E-state index in [-0.39, 0.29) is 12.3 Å². The average molecular weight is 298 g/mol. The van der Waals surface area contributed by atoms with Gasteiger partial charge in [-0.3, -0.25) is 9.59 Å². The minimum absolute atomic E-state index is 0.0536. The highest BCUT2D eigenvalue weighted by molar-refractivity contribution is 6.30. The van der Waals surface area contributed by atoms with Crippen molar-refractivity contribution in [2.24, 2.45) is 0 Å². The van der Waals surface area contributed by atoms with Crippen molar-refractivity contribution in [3.8, 4) is 0 Å². The highest BCUT2D eigenvalue weighted by atomic mass is 35.5.